The van der Waals surface area contributed by atoms with Crippen molar-refractivity contribution in [1.29, 1.82) is 0 Å². The van der Waals surface area contributed by atoms with E-state index in [1.807, 2.05) is 0 Å². The molecule has 82 valence electrons. The summed E-state index contributed by atoms with van der Waals surface area (Å²) in [5.41, 5.74) is 2.44. The first-order valence-electron chi connectivity index (χ1n) is 4.86. The van der Waals surface area contributed by atoms with E-state index in [1.165, 1.54) is 6.33 Å². The fourth-order valence-corrected chi connectivity index (χ4v) is 1.58. The predicted molar refractivity (Wildman–Crippen MR) is 57.3 cm³/mol. The number of nitrogens with zero attached hydrogens (tertiary/aromatic N) is 2. The molecule has 0 aromatic carbocycles. The van der Waals surface area contributed by atoms with E-state index in [0.29, 0.717) is 12.4 Å². The number of hydrazine groups is 1. The molecule has 6 heteroatoms. The Bertz CT molecular complexity index is 337. The van der Waals surface area contributed by atoms with Crippen LogP contribution in [0.2, 0.25) is 0 Å². The summed E-state index contributed by atoms with van der Waals surface area (Å²) in [6, 6.07) is 1.77. The van der Waals surface area contributed by atoms with Crippen LogP contribution in [0.25, 0.3) is 0 Å². The Morgan fingerprint density at radius 2 is 2.27 bits per heavy atom. The van der Waals surface area contributed by atoms with Crippen LogP contribution in [0.1, 0.15) is 13.3 Å². The second-order valence-electron chi connectivity index (χ2n) is 3.92. The van der Waals surface area contributed by atoms with Crippen LogP contribution < -0.4 is 16.6 Å². The third-order valence-electron chi connectivity index (χ3n) is 2.46. The van der Waals surface area contributed by atoms with Crippen molar-refractivity contribution in [3.63, 3.8) is 0 Å². The van der Waals surface area contributed by atoms with Gasteiger partial charge in [0.05, 0.1) is 12.1 Å². The van der Waals surface area contributed by atoms with Crippen molar-refractivity contribution in [3.05, 3.63) is 12.4 Å². The van der Waals surface area contributed by atoms with Crippen LogP contribution in [-0.4, -0.2) is 28.7 Å². The Balaban J connectivity index is 2.09. The molecule has 1 atom stereocenters. The molecule has 0 radical (unpaired) electrons. The molecule has 4 N–H and O–H groups in total. The molecule has 1 fully saturated rings. The summed E-state index contributed by atoms with van der Waals surface area (Å²) in [5.74, 6) is 6.62. The van der Waals surface area contributed by atoms with Crippen molar-refractivity contribution in [1.82, 2.24) is 9.97 Å². The molecule has 0 spiro atoms. The fourth-order valence-electron chi connectivity index (χ4n) is 1.58. The van der Waals surface area contributed by atoms with Gasteiger partial charge >= 0.3 is 0 Å². The molecule has 1 aliphatic rings. The molecule has 0 saturated carbocycles. The Morgan fingerprint density at radius 1 is 1.47 bits per heavy atom. The lowest BCUT2D eigenvalue weighted by Gasteiger charge is -2.24. The number of rotatable bonds is 3. The predicted octanol–water partition coefficient (Wildman–Crippen LogP) is 0.353. The minimum Gasteiger partial charge on any atom is -0.379 e. The normalized spacial score (nSPS) is 25.2. The Kier molecular flexibility index (Phi) is 2.70. The number of nitrogens with one attached hydrogen (secondary N) is 2. The van der Waals surface area contributed by atoms with Crippen LogP contribution in [-0.2, 0) is 4.74 Å². The van der Waals surface area contributed by atoms with Crippen molar-refractivity contribution in [2.75, 3.05) is 24.0 Å². The summed E-state index contributed by atoms with van der Waals surface area (Å²) < 4.78 is 5.34. The average molecular weight is 209 g/mol. The Labute approximate surface area is 88.2 Å². The van der Waals surface area contributed by atoms with Gasteiger partial charge in [-0.05, 0) is 13.3 Å². The first kappa shape index (κ1) is 10.1. The molecular weight excluding hydrogens is 194 g/mol. The number of hydrogen-bond acceptors (Lipinski definition) is 6. The number of anilines is 2. The van der Waals surface area contributed by atoms with Gasteiger partial charge in [-0.2, -0.15) is 0 Å². The minimum atomic E-state index is -0.0414. The van der Waals surface area contributed by atoms with Gasteiger partial charge in [0.1, 0.15) is 18.0 Å². The SMILES string of the molecule is CC1(Nc2cc(NN)ncn2)CCOC1. The molecule has 1 unspecified atom stereocenters. The highest BCUT2D eigenvalue weighted by atomic mass is 16.5. The smallest absolute Gasteiger partial charge is 0.145 e. The zero-order chi connectivity index (χ0) is 10.7. The second-order valence-corrected chi connectivity index (χ2v) is 3.92. The zero-order valence-electron chi connectivity index (χ0n) is 8.66. The van der Waals surface area contributed by atoms with Gasteiger partial charge in [-0.25, -0.2) is 15.8 Å². The third kappa shape index (κ3) is 2.34. The number of aromatic nitrogens is 2. The fraction of sp³-hybridized carbons (Fsp3) is 0.556. The maximum atomic E-state index is 5.34. The second kappa shape index (κ2) is 4.00. The summed E-state index contributed by atoms with van der Waals surface area (Å²) in [5, 5.41) is 3.32. The van der Waals surface area contributed by atoms with E-state index >= 15 is 0 Å². The van der Waals surface area contributed by atoms with Crippen LogP contribution in [0, 0.1) is 0 Å². The topological polar surface area (TPSA) is 85.1 Å². The highest BCUT2D eigenvalue weighted by molar-refractivity contribution is 5.47. The van der Waals surface area contributed by atoms with Crippen molar-refractivity contribution >= 4 is 11.6 Å². The van der Waals surface area contributed by atoms with E-state index in [0.717, 1.165) is 18.8 Å². The van der Waals surface area contributed by atoms with E-state index in [-0.39, 0.29) is 5.54 Å². The molecule has 1 aromatic rings. The molecule has 2 rings (SSSR count). The number of hydrogen-bond donors (Lipinski definition) is 3. The highest BCUT2D eigenvalue weighted by Crippen LogP contribution is 2.23. The first-order valence-corrected chi connectivity index (χ1v) is 4.86. The van der Waals surface area contributed by atoms with E-state index in [4.69, 9.17) is 10.6 Å². The van der Waals surface area contributed by atoms with Crippen LogP contribution >= 0.6 is 0 Å². The van der Waals surface area contributed by atoms with Crippen LogP contribution in [0.3, 0.4) is 0 Å². The molecule has 0 aliphatic carbocycles. The summed E-state index contributed by atoms with van der Waals surface area (Å²) >= 11 is 0. The van der Waals surface area contributed by atoms with Crippen molar-refractivity contribution in [2.45, 2.75) is 18.9 Å². The van der Waals surface area contributed by atoms with Gasteiger partial charge in [-0.3, -0.25) is 0 Å². The molecule has 0 amide bonds. The van der Waals surface area contributed by atoms with Gasteiger partial charge in [0.25, 0.3) is 0 Å². The Morgan fingerprint density at radius 3 is 2.93 bits per heavy atom. The lowest BCUT2D eigenvalue weighted by molar-refractivity contribution is 0.185. The maximum absolute atomic E-state index is 5.34. The van der Waals surface area contributed by atoms with Gasteiger partial charge in [0, 0.05) is 12.7 Å². The Hall–Kier alpha value is -1.40. The van der Waals surface area contributed by atoms with E-state index in [2.05, 4.69) is 27.6 Å². The van der Waals surface area contributed by atoms with Gasteiger partial charge in [-0.1, -0.05) is 0 Å². The van der Waals surface area contributed by atoms with Crippen LogP contribution in [0.5, 0.6) is 0 Å². The standard InChI is InChI=1S/C9H15N5O/c1-9(2-3-15-5-9)13-7-4-8(14-10)12-6-11-7/h4,6H,2-3,5,10H2,1H3,(H2,11,12,13,14). The summed E-state index contributed by atoms with van der Waals surface area (Å²) in [7, 11) is 0. The maximum Gasteiger partial charge on any atom is 0.145 e. The zero-order valence-corrected chi connectivity index (χ0v) is 8.66. The number of ether oxygens (including phenoxy) is 1. The average Bonchev–Trinajstić information content (AvgIpc) is 2.65. The molecule has 1 aromatic heterocycles. The van der Waals surface area contributed by atoms with E-state index in [1.54, 1.807) is 6.07 Å². The highest BCUT2D eigenvalue weighted by Gasteiger charge is 2.29. The van der Waals surface area contributed by atoms with Gasteiger partial charge in [0.15, 0.2) is 0 Å². The molecule has 6 nitrogen and oxygen atoms in total. The van der Waals surface area contributed by atoms with Gasteiger partial charge in [-0.15, -0.1) is 0 Å². The number of nitrogens with two attached hydrogens (primary N) is 1. The van der Waals surface area contributed by atoms with Crippen molar-refractivity contribution < 1.29 is 4.74 Å². The largest absolute Gasteiger partial charge is 0.379 e. The van der Waals surface area contributed by atoms with Crippen molar-refractivity contribution in [2.24, 2.45) is 5.84 Å². The summed E-state index contributed by atoms with van der Waals surface area (Å²) in [4.78, 5) is 8.06. The lowest BCUT2D eigenvalue weighted by atomic mass is 10.0. The van der Waals surface area contributed by atoms with Gasteiger partial charge in [0.2, 0.25) is 0 Å². The molecular formula is C9H15N5O. The van der Waals surface area contributed by atoms with E-state index < -0.39 is 0 Å². The first-order chi connectivity index (χ1) is 7.22. The van der Waals surface area contributed by atoms with Gasteiger partial charge < -0.3 is 15.5 Å². The molecule has 1 saturated heterocycles. The van der Waals surface area contributed by atoms with Crippen molar-refractivity contribution in [3.8, 4) is 0 Å². The quantitative estimate of drug-likeness (QED) is 0.492. The summed E-state index contributed by atoms with van der Waals surface area (Å²) in [6.45, 7) is 3.59. The van der Waals surface area contributed by atoms with E-state index in [9.17, 15) is 0 Å². The molecule has 0 bridgehead atoms. The molecule has 1 aliphatic heterocycles. The molecule has 2 heterocycles. The lowest BCUT2D eigenvalue weighted by Crippen LogP contribution is -2.35. The minimum absolute atomic E-state index is 0.0414. The monoisotopic (exact) mass is 209 g/mol. The summed E-state index contributed by atoms with van der Waals surface area (Å²) in [6.07, 6.45) is 2.44. The number of nitrogen functional groups attached to an aromatic ring is 1. The molecule has 15 heavy (non-hydrogen) atoms. The third-order valence-corrected chi connectivity index (χ3v) is 2.46. The van der Waals surface area contributed by atoms with Crippen LogP contribution in [0.4, 0.5) is 11.6 Å². The van der Waals surface area contributed by atoms with Crippen LogP contribution in [0.15, 0.2) is 12.4 Å².